The number of fused-ring (bicyclic) bond motifs is 5. The molecule has 1 amide bonds. The van der Waals surface area contributed by atoms with Crippen LogP contribution in [0.1, 0.15) is 62.5 Å². The van der Waals surface area contributed by atoms with Crippen LogP contribution in [0.3, 0.4) is 0 Å². The molecule has 5 rings (SSSR count). The SMILES string of the molecule is C[C@]12CCC3c4ccc(Cl)cc4CCC3C1[C@H](CCC(=O)NC1=NCCS1)C/C2=N\O. The van der Waals surface area contributed by atoms with Crippen molar-refractivity contribution < 1.29 is 10.0 Å². The summed E-state index contributed by atoms with van der Waals surface area (Å²) >= 11 is 7.88. The molecule has 2 N–H and O–H groups in total. The molecule has 1 aliphatic heterocycles. The minimum atomic E-state index is -0.0631. The van der Waals surface area contributed by atoms with Crippen molar-refractivity contribution in [3.8, 4) is 0 Å². The molecule has 0 saturated heterocycles. The topological polar surface area (TPSA) is 74.0 Å². The number of thioether (sulfide) groups is 1. The van der Waals surface area contributed by atoms with Gasteiger partial charge in [0.2, 0.25) is 5.91 Å². The molecule has 4 aliphatic rings. The maximum Gasteiger partial charge on any atom is 0.225 e. The number of carbonyl (C=O) groups excluding carboxylic acids is 1. The number of hydrogen-bond donors (Lipinski definition) is 2. The smallest absolute Gasteiger partial charge is 0.225 e. The van der Waals surface area contributed by atoms with Gasteiger partial charge in [-0.1, -0.05) is 41.5 Å². The Labute approximate surface area is 193 Å². The zero-order chi connectivity index (χ0) is 21.6. The molecule has 0 spiro atoms. The summed E-state index contributed by atoms with van der Waals surface area (Å²) in [7, 11) is 0. The Kier molecular flexibility index (Phi) is 5.80. The zero-order valence-corrected chi connectivity index (χ0v) is 19.5. The maximum atomic E-state index is 12.5. The second kappa shape index (κ2) is 8.43. The number of amidine groups is 1. The number of benzene rings is 1. The molecule has 1 aromatic rings. The van der Waals surface area contributed by atoms with E-state index in [1.165, 1.54) is 11.1 Å². The minimum Gasteiger partial charge on any atom is -0.411 e. The normalized spacial score (nSPS) is 35.3. The molecule has 5 nitrogen and oxygen atoms in total. The first-order chi connectivity index (χ1) is 15.0. The molecule has 0 bridgehead atoms. The minimum absolute atomic E-state index is 0.0558. The van der Waals surface area contributed by atoms with Gasteiger partial charge < -0.3 is 10.5 Å². The third-order valence-corrected chi connectivity index (χ3v) is 9.38. The highest BCUT2D eigenvalue weighted by Gasteiger charge is 2.57. The number of carbonyl (C=O) groups is 1. The number of amides is 1. The van der Waals surface area contributed by atoms with Gasteiger partial charge in [0.25, 0.3) is 0 Å². The van der Waals surface area contributed by atoms with Crippen molar-refractivity contribution in [1.82, 2.24) is 5.32 Å². The molecule has 2 fully saturated rings. The molecule has 0 aromatic heterocycles. The number of oxime groups is 1. The van der Waals surface area contributed by atoms with Crippen LogP contribution >= 0.6 is 23.4 Å². The van der Waals surface area contributed by atoms with Gasteiger partial charge in [0, 0.05) is 22.6 Å². The average Bonchev–Trinajstić information content (AvgIpc) is 3.36. The van der Waals surface area contributed by atoms with E-state index in [-0.39, 0.29) is 11.3 Å². The third kappa shape index (κ3) is 3.80. The van der Waals surface area contributed by atoms with Gasteiger partial charge in [-0.15, -0.1) is 0 Å². The largest absolute Gasteiger partial charge is 0.411 e. The van der Waals surface area contributed by atoms with Gasteiger partial charge in [-0.25, -0.2) is 0 Å². The Morgan fingerprint density at radius 1 is 1.42 bits per heavy atom. The zero-order valence-electron chi connectivity index (χ0n) is 17.9. The Balaban J connectivity index is 1.36. The Morgan fingerprint density at radius 3 is 3.06 bits per heavy atom. The maximum absolute atomic E-state index is 12.5. The number of aliphatic imine (C=N–C) groups is 1. The fourth-order valence-electron chi connectivity index (χ4n) is 6.96. The van der Waals surface area contributed by atoms with E-state index in [0.29, 0.717) is 30.1 Å². The van der Waals surface area contributed by atoms with E-state index < -0.39 is 0 Å². The highest BCUT2D eigenvalue weighted by Crippen LogP contribution is 2.62. The van der Waals surface area contributed by atoms with Crippen LogP contribution in [0.25, 0.3) is 0 Å². The molecule has 3 aliphatic carbocycles. The summed E-state index contributed by atoms with van der Waals surface area (Å²) in [5, 5.41) is 18.1. The average molecular weight is 460 g/mol. The van der Waals surface area contributed by atoms with Gasteiger partial charge in [0.05, 0.1) is 12.3 Å². The number of halogens is 1. The predicted molar refractivity (Wildman–Crippen MR) is 126 cm³/mol. The Morgan fingerprint density at radius 2 is 2.29 bits per heavy atom. The van der Waals surface area contributed by atoms with Crippen molar-refractivity contribution in [2.24, 2.45) is 33.3 Å². The van der Waals surface area contributed by atoms with Crippen LogP contribution in [0, 0.1) is 23.2 Å². The van der Waals surface area contributed by atoms with E-state index in [9.17, 15) is 10.0 Å². The van der Waals surface area contributed by atoms with E-state index in [1.54, 1.807) is 11.8 Å². The van der Waals surface area contributed by atoms with Crippen LogP contribution in [0.4, 0.5) is 0 Å². The summed E-state index contributed by atoms with van der Waals surface area (Å²) in [4.78, 5) is 16.9. The van der Waals surface area contributed by atoms with Crippen LogP contribution in [-0.4, -0.2) is 34.3 Å². The van der Waals surface area contributed by atoms with Gasteiger partial charge in [-0.05, 0) is 85.5 Å². The van der Waals surface area contributed by atoms with Gasteiger partial charge in [0.1, 0.15) is 0 Å². The van der Waals surface area contributed by atoms with Crippen molar-refractivity contribution in [1.29, 1.82) is 0 Å². The molecule has 1 heterocycles. The summed E-state index contributed by atoms with van der Waals surface area (Å²) in [6.45, 7) is 3.08. The van der Waals surface area contributed by atoms with Gasteiger partial charge in [0.15, 0.2) is 5.17 Å². The van der Waals surface area contributed by atoms with Gasteiger partial charge in [-0.3, -0.25) is 9.79 Å². The lowest BCUT2D eigenvalue weighted by Gasteiger charge is -2.50. The van der Waals surface area contributed by atoms with Crippen molar-refractivity contribution in [2.45, 2.75) is 57.8 Å². The lowest BCUT2D eigenvalue weighted by molar-refractivity contribution is -0.120. The highest BCUT2D eigenvalue weighted by molar-refractivity contribution is 8.14. The van der Waals surface area contributed by atoms with E-state index in [2.05, 4.69) is 34.5 Å². The van der Waals surface area contributed by atoms with Crippen LogP contribution in [0.5, 0.6) is 0 Å². The molecule has 5 atom stereocenters. The highest BCUT2D eigenvalue weighted by atomic mass is 35.5. The first kappa shape index (κ1) is 21.3. The monoisotopic (exact) mass is 459 g/mol. The quantitative estimate of drug-likeness (QED) is 0.478. The molecular weight excluding hydrogens is 430 g/mol. The number of nitrogens with zero attached hydrogens (tertiary/aromatic N) is 2. The molecule has 7 heteroatoms. The lowest BCUT2D eigenvalue weighted by atomic mass is 9.54. The standard InChI is InChI=1S/C24H30ClN3O2S/c1-24-9-8-18-17-6-4-16(25)12-14(17)2-5-19(18)22(24)15(13-20(24)28-30)3-7-21(29)27-23-26-10-11-31-23/h4,6,12,15,18-19,22,30H,2-3,5,7-11,13H2,1H3,(H,26,27,29)/b28-20+/t15-,18?,19?,22?,24-/m1/s1. The lowest BCUT2D eigenvalue weighted by Crippen LogP contribution is -2.44. The third-order valence-electron chi connectivity index (χ3n) is 8.26. The van der Waals surface area contributed by atoms with Gasteiger partial charge in [-0.2, -0.15) is 0 Å². The number of aryl methyl sites for hydroxylation is 1. The summed E-state index contributed by atoms with van der Waals surface area (Å²) in [6.07, 6.45) is 6.49. The molecular formula is C24H30ClN3O2S. The van der Waals surface area contributed by atoms with E-state index >= 15 is 0 Å². The van der Waals surface area contributed by atoms with Crippen LogP contribution in [0.15, 0.2) is 28.3 Å². The summed E-state index contributed by atoms with van der Waals surface area (Å²) in [5.74, 6) is 2.94. The fraction of sp³-hybridized carbons (Fsp3) is 0.625. The van der Waals surface area contributed by atoms with Crippen molar-refractivity contribution in [3.63, 3.8) is 0 Å². The van der Waals surface area contributed by atoms with E-state index in [0.717, 1.165) is 66.7 Å². The van der Waals surface area contributed by atoms with Crippen LogP contribution in [0.2, 0.25) is 5.02 Å². The van der Waals surface area contributed by atoms with E-state index in [1.807, 2.05) is 6.07 Å². The van der Waals surface area contributed by atoms with E-state index in [4.69, 9.17) is 11.6 Å². The van der Waals surface area contributed by atoms with Crippen LogP contribution in [-0.2, 0) is 11.2 Å². The molecule has 3 unspecified atom stereocenters. The second-order valence-electron chi connectivity index (χ2n) is 9.77. The van der Waals surface area contributed by atoms with Gasteiger partial charge >= 0.3 is 0 Å². The molecule has 1 aromatic carbocycles. The van der Waals surface area contributed by atoms with Crippen molar-refractivity contribution in [3.05, 3.63) is 34.3 Å². The fourth-order valence-corrected chi connectivity index (χ4v) is 7.90. The Bertz CT molecular complexity index is 949. The molecule has 166 valence electrons. The summed E-state index contributed by atoms with van der Waals surface area (Å²) < 4.78 is 0. The molecule has 2 saturated carbocycles. The first-order valence-corrected chi connectivity index (χ1v) is 12.8. The van der Waals surface area contributed by atoms with Crippen molar-refractivity contribution >= 4 is 40.1 Å². The number of nitrogens with one attached hydrogen (secondary N) is 1. The van der Waals surface area contributed by atoms with Crippen LogP contribution < -0.4 is 5.32 Å². The number of rotatable bonds is 3. The predicted octanol–water partition coefficient (Wildman–Crippen LogP) is 5.25. The first-order valence-electron chi connectivity index (χ1n) is 11.5. The molecule has 0 radical (unpaired) electrons. The Hall–Kier alpha value is -1.53. The summed E-state index contributed by atoms with van der Waals surface area (Å²) in [5.41, 5.74) is 3.74. The molecule has 31 heavy (non-hydrogen) atoms. The summed E-state index contributed by atoms with van der Waals surface area (Å²) in [6, 6.07) is 6.40. The number of hydrogen-bond acceptors (Lipinski definition) is 5. The second-order valence-corrected chi connectivity index (χ2v) is 11.3. The van der Waals surface area contributed by atoms with Crippen molar-refractivity contribution in [2.75, 3.05) is 12.3 Å².